The van der Waals surface area contributed by atoms with Crippen LogP contribution in [0.5, 0.6) is 5.75 Å². The van der Waals surface area contributed by atoms with Gasteiger partial charge in [0.25, 0.3) is 0 Å². The maximum Gasteiger partial charge on any atom is 0.419 e. The summed E-state index contributed by atoms with van der Waals surface area (Å²) in [7, 11) is -3.70. The van der Waals surface area contributed by atoms with Gasteiger partial charge in [-0.25, -0.2) is 12.7 Å². The summed E-state index contributed by atoms with van der Waals surface area (Å²) in [6.07, 6.45) is 0.213. The second-order valence-corrected chi connectivity index (χ2v) is 9.45. The molecule has 1 aromatic carbocycles. The number of hydrogen-bond donors (Lipinski definition) is 0. The number of benzene rings is 1. The first kappa shape index (κ1) is 22.7. The fourth-order valence-corrected chi connectivity index (χ4v) is 5.91. The highest BCUT2D eigenvalue weighted by Gasteiger charge is 2.37. The lowest BCUT2D eigenvalue weighted by Crippen LogP contribution is -2.37. The van der Waals surface area contributed by atoms with Crippen LogP contribution >= 0.6 is 11.7 Å². The number of halogens is 3. The summed E-state index contributed by atoms with van der Waals surface area (Å²) in [4.78, 5) is 0. The average molecular weight is 462 g/mol. The molecule has 0 N–H and O–H groups in total. The molecule has 30 heavy (non-hydrogen) atoms. The zero-order valence-corrected chi connectivity index (χ0v) is 17.9. The Balaban J connectivity index is 1.65. The second kappa shape index (κ2) is 9.44. The predicted molar refractivity (Wildman–Crippen MR) is 109 cm³/mol. The van der Waals surface area contributed by atoms with E-state index in [0.29, 0.717) is 30.8 Å². The lowest BCUT2D eigenvalue weighted by molar-refractivity contribution is -0.138. The molecule has 0 saturated carbocycles. The van der Waals surface area contributed by atoms with E-state index in [-0.39, 0.29) is 25.3 Å². The van der Waals surface area contributed by atoms with Gasteiger partial charge in [-0.1, -0.05) is 25.1 Å². The van der Waals surface area contributed by atoms with Crippen molar-refractivity contribution in [1.82, 2.24) is 13.1 Å². The van der Waals surface area contributed by atoms with Crippen molar-refractivity contribution in [2.45, 2.75) is 37.6 Å². The van der Waals surface area contributed by atoms with Crippen LogP contribution in [0.15, 0.2) is 30.3 Å². The average Bonchev–Trinajstić information content (AvgIpc) is 3.18. The van der Waals surface area contributed by atoms with Crippen LogP contribution in [0.1, 0.15) is 48.4 Å². The molecule has 11 heteroatoms. The number of nitrogens with zero attached hydrogens (tertiary/aromatic N) is 3. The minimum absolute atomic E-state index is 0.0308. The van der Waals surface area contributed by atoms with Gasteiger partial charge in [-0.15, -0.1) is 0 Å². The molecule has 1 heterocycles. The molecule has 164 valence electrons. The Bertz CT molecular complexity index is 990. The lowest BCUT2D eigenvalue weighted by Gasteiger charge is -2.27. The Morgan fingerprint density at radius 1 is 1.23 bits per heavy atom. The van der Waals surface area contributed by atoms with Crippen molar-refractivity contribution in [3.8, 4) is 5.75 Å². The molecule has 6 nitrogen and oxygen atoms in total. The number of fused-ring (bicyclic) bond motifs is 1. The van der Waals surface area contributed by atoms with E-state index in [9.17, 15) is 21.6 Å². The quantitative estimate of drug-likeness (QED) is 0.513. The number of allylic oxidation sites excluding steroid dienone is 1. The summed E-state index contributed by atoms with van der Waals surface area (Å²) in [5.74, 6) is -0.259. The Hall–Kier alpha value is -1.98. The van der Waals surface area contributed by atoms with Gasteiger partial charge in [-0.3, -0.25) is 0 Å². The van der Waals surface area contributed by atoms with E-state index in [1.807, 2.05) is 6.92 Å². The molecule has 2 aromatic rings. The second-order valence-electron chi connectivity index (χ2n) is 6.80. The fourth-order valence-electron chi connectivity index (χ4n) is 3.26. The van der Waals surface area contributed by atoms with E-state index in [1.165, 1.54) is 22.5 Å². The van der Waals surface area contributed by atoms with Crippen LogP contribution < -0.4 is 4.74 Å². The maximum absolute atomic E-state index is 13.2. The van der Waals surface area contributed by atoms with Crippen LogP contribution in [0.3, 0.4) is 0 Å². The molecule has 0 fully saturated rings. The summed E-state index contributed by atoms with van der Waals surface area (Å²) in [6, 6.07) is 4.98. The Kier molecular flexibility index (Phi) is 7.14. The Morgan fingerprint density at radius 2 is 2.00 bits per heavy atom. The van der Waals surface area contributed by atoms with E-state index in [2.05, 4.69) is 8.75 Å². The van der Waals surface area contributed by atoms with Gasteiger partial charge in [-0.05, 0) is 37.5 Å². The summed E-state index contributed by atoms with van der Waals surface area (Å²) in [6.45, 7) is 2.30. The third kappa shape index (κ3) is 5.01. The molecule has 1 aliphatic rings. The van der Waals surface area contributed by atoms with Crippen LogP contribution in [0.25, 0.3) is 6.08 Å². The molecule has 0 radical (unpaired) electrons. The summed E-state index contributed by atoms with van der Waals surface area (Å²) < 4.78 is 80.6. The molecule has 1 unspecified atom stereocenters. The van der Waals surface area contributed by atoms with Crippen LogP contribution in [-0.2, 0) is 16.2 Å². The van der Waals surface area contributed by atoms with Gasteiger partial charge >= 0.3 is 6.18 Å². The Labute approximate surface area is 177 Å². The molecule has 3 rings (SSSR count). The number of hydrogen-bond acceptors (Lipinski definition) is 6. The zero-order valence-electron chi connectivity index (χ0n) is 16.3. The predicted octanol–water partition coefficient (Wildman–Crippen LogP) is 4.53. The van der Waals surface area contributed by atoms with E-state index in [1.54, 1.807) is 12.2 Å². The van der Waals surface area contributed by atoms with Crippen LogP contribution in [-0.4, -0.2) is 41.2 Å². The molecule has 0 spiro atoms. The smallest absolute Gasteiger partial charge is 0.419 e. The zero-order chi connectivity index (χ0) is 21.8. The van der Waals surface area contributed by atoms with E-state index in [0.717, 1.165) is 17.8 Å². The van der Waals surface area contributed by atoms with E-state index < -0.39 is 27.0 Å². The van der Waals surface area contributed by atoms with Crippen molar-refractivity contribution in [2.75, 3.05) is 19.7 Å². The highest BCUT2D eigenvalue weighted by molar-refractivity contribution is 7.89. The largest absolute Gasteiger partial charge is 0.493 e. The van der Waals surface area contributed by atoms with Crippen LogP contribution in [0, 0.1) is 0 Å². The van der Waals surface area contributed by atoms with Gasteiger partial charge in [0, 0.05) is 13.1 Å². The first-order chi connectivity index (χ1) is 14.2. The molecular weight excluding hydrogens is 439 g/mol. The summed E-state index contributed by atoms with van der Waals surface area (Å²) in [5, 5.41) is -0.797. The monoisotopic (exact) mass is 461 g/mol. The summed E-state index contributed by atoms with van der Waals surface area (Å²) >= 11 is 0.977. The third-order valence-corrected chi connectivity index (χ3v) is 7.44. The van der Waals surface area contributed by atoms with Gasteiger partial charge in [0.15, 0.2) is 0 Å². The van der Waals surface area contributed by atoms with Crippen molar-refractivity contribution >= 4 is 27.8 Å². The highest BCUT2D eigenvalue weighted by Crippen LogP contribution is 2.36. The number of sulfonamides is 1. The molecule has 0 amide bonds. The van der Waals surface area contributed by atoms with Crippen molar-refractivity contribution < 1.29 is 26.3 Å². The molecule has 0 saturated heterocycles. The van der Waals surface area contributed by atoms with Crippen LogP contribution in [0.4, 0.5) is 13.2 Å². The first-order valence-electron chi connectivity index (χ1n) is 9.52. The standard InChI is InChI=1S/C19H22F3N3O3S2/c1-2-11-25(30(26,27)17-10-5-8-15-18(17)24-29-23-15)12-6-13-28-16-9-4-3-7-14(16)19(20,21)22/h3-5,7-9,17H,2,6,10-13H2,1H3. The SMILES string of the molecule is CCCN(CCCOc1ccccc1C(F)(F)F)S(=O)(=O)C1CC=Cc2nsnc21. The third-order valence-electron chi connectivity index (χ3n) is 4.67. The topological polar surface area (TPSA) is 72.4 Å². The normalized spacial score (nSPS) is 16.6. The van der Waals surface area contributed by atoms with Gasteiger partial charge < -0.3 is 4.74 Å². The van der Waals surface area contributed by atoms with Crippen molar-refractivity contribution in [3.63, 3.8) is 0 Å². The van der Waals surface area contributed by atoms with Crippen molar-refractivity contribution in [3.05, 3.63) is 47.3 Å². The first-order valence-corrected chi connectivity index (χ1v) is 11.8. The Morgan fingerprint density at radius 3 is 2.73 bits per heavy atom. The molecule has 1 atom stereocenters. The van der Waals surface area contributed by atoms with Gasteiger partial charge in [-0.2, -0.15) is 21.9 Å². The molecule has 0 aliphatic heterocycles. The van der Waals surface area contributed by atoms with Gasteiger partial charge in [0.1, 0.15) is 22.4 Å². The van der Waals surface area contributed by atoms with Gasteiger partial charge in [0.2, 0.25) is 10.0 Å². The molecule has 1 aromatic heterocycles. The number of alkyl halides is 3. The molecule has 0 bridgehead atoms. The van der Waals surface area contributed by atoms with E-state index in [4.69, 9.17) is 4.74 Å². The minimum atomic E-state index is -4.51. The number of para-hydroxylation sites is 1. The van der Waals surface area contributed by atoms with Gasteiger partial charge in [0.05, 0.1) is 23.9 Å². The molecular formula is C19H22F3N3O3S2. The van der Waals surface area contributed by atoms with Crippen LogP contribution in [0.2, 0.25) is 0 Å². The van der Waals surface area contributed by atoms with Crippen molar-refractivity contribution in [1.29, 1.82) is 0 Å². The number of aromatic nitrogens is 2. The summed E-state index contributed by atoms with van der Waals surface area (Å²) in [5.41, 5.74) is 0.183. The number of ether oxygens (including phenoxy) is 1. The molecule has 1 aliphatic carbocycles. The highest BCUT2D eigenvalue weighted by atomic mass is 32.2. The fraction of sp³-hybridized carbons (Fsp3) is 0.474. The lowest BCUT2D eigenvalue weighted by atomic mass is 10.1. The van der Waals surface area contributed by atoms with E-state index >= 15 is 0 Å². The number of rotatable bonds is 9. The minimum Gasteiger partial charge on any atom is -0.493 e. The van der Waals surface area contributed by atoms with Crippen molar-refractivity contribution in [2.24, 2.45) is 0 Å². The maximum atomic E-state index is 13.2.